The molecule has 1 heterocycles. The van der Waals surface area contributed by atoms with Crippen LogP contribution >= 0.6 is 23.4 Å². The summed E-state index contributed by atoms with van der Waals surface area (Å²) in [4.78, 5) is 4.51. The van der Waals surface area contributed by atoms with Crippen molar-refractivity contribution in [1.82, 2.24) is 4.98 Å². The fourth-order valence-corrected chi connectivity index (χ4v) is 5.48. The van der Waals surface area contributed by atoms with Gasteiger partial charge in [0.25, 0.3) is 10.0 Å². The molecule has 0 saturated heterocycles. The molecule has 9 heteroatoms. The summed E-state index contributed by atoms with van der Waals surface area (Å²) in [6, 6.07) is 21.1. The van der Waals surface area contributed by atoms with Crippen LogP contribution in [0.4, 0.5) is 6.01 Å². The van der Waals surface area contributed by atoms with Gasteiger partial charge in [-0.3, -0.25) is 0 Å². The molecule has 0 unspecified atom stereocenters. The predicted octanol–water partition coefficient (Wildman–Crippen LogP) is 5.45. The van der Waals surface area contributed by atoms with E-state index in [1.54, 1.807) is 24.3 Å². The molecule has 0 saturated carbocycles. The molecule has 0 aliphatic carbocycles. The van der Waals surface area contributed by atoms with Crippen molar-refractivity contribution in [2.75, 3.05) is 4.72 Å². The van der Waals surface area contributed by atoms with Gasteiger partial charge in [0.15, 0.2) is 5.58 Å². The van der Waals surface area contributed by atoms with Gasteiger partial charge in [0, 0.05) is 10.6 Å². The normalized spacial score (nSPS) is 11.3. The summed E-state index contributed by atoms with van der Waals surface area (Å²) < 4.78 is 34.1. The summed E-state index contributed by atoms with van der Waals surface area (Å²) in [5.41, 5.74) is 2.09. The fourth-order valence-electron chi connectivity index (χ4n) is 2.76. The van der Waals surface area contributed by atoms with E-state index in [0.717, 1.165) is 5.56 Å². The van der Waals surface area contributed by atoms with E-state index in [9.17, 15) is 13.7 Å². The number of thioether (sulfide) groups is 1. The molecular weight excluding hydrogens is 442 g/mol. The summed E-state index contributed by atoms with van der Waals surface area (Å²) in [5, 5.41) is 9.49. The van der Waals surface area contributed by atoms with Crippen molar-refractivity contribution >= 4 is 50.5 Å². The lowest BCUT2D eigenvalue weighted by molar-refractivity contribution is 0.589. The average Bonchev–Trinajstić information content (AvgIpc) is 3.14. The second-order valence-corrected chi connectivity index (χ2v) is 9.33. The Bertz CT molecular complexity index is 1330. The number of hydrogen-bond donors (Lipinski definition) is 1. The van der Waals surface area contributed by atoms with Gasteiger partial charge in [-0.05, 0) is 29.8 Å². The zero-order chi connectivity index (χ0) is 21.1. The van der Waals surface area contributed by atoms with Crippen molar-refractivity contribution in [3.63, 3.8) is 0 Å². The van der Waals surface area contributed by atoms with Crippen LogP contribution in [0.1, 0.15) is 11.1 Å². The molecule has 0 radical (unpaired) electrons. The number of sulfonamides is 1. The van der Waals surface area contributed by atoms with E-state index in [4.69, 9.17) is 16.0 Å². The minimum Gasteiger partial charge on any atom is -0.423 e. The number of nitriles is 1. The third-order valence-corrected chi connectivity index (χ3v) is 7.12. The summed E-state index contributed by atoms with van der Waals surface area (Å²) in [6.07, 6.45) is 0. The molecule has 0 bridgehead atoms. The first-order valence-electron chi connectivity index (χ1n) is 8.75. The third-order valence-electron chi connectivity index (χ3n) is 4.20. The molecule has 0 aliphatic rings. The van der Waals surface area contributed by atoms with E-state index in [-0.39, 0.29) is 21.5 Å². The summed E-state index contributed by atoms with van der Waals surface area (Å²) in [5.74, 6) is 0.536. The smallest absolute Gasteiger partial charge is 0.309 e. The van der Waals surface area contributed by atoms with Gasteiger partial charge in [-0.1, -0.05) is 54.1 Å². The molecule has 3 aromatic carbocycles. The summed E-state index contributed by atoms with van der Waals surface area (Å²) in [6.45, 7) is 0. The maximum Gasteiger partial charge on any atom is 0.309 e. The number of aromatic nitrogens is 1. The SMILES string of the molecule is N#Cc1cc(S(=O)(=O)Nc2nc3ccccc3o2)c(SCc2ccccc2)cc1Cl. The summed E-state index contributed by atoms with van der Waals surface area (Å²) >= 11 is 7.48. The number of fused-ring (bicyclic) bond motifs is 1. The molecule has 1 N–H and O–H groups in total. The number of anilines is 1. The lowest BCUT2D eigenvalue weighted by Gasteiger charge is -2.12. The molecule has 0 fully saturated rings. The molecule has 4 rings (SSSR count). The van der Waals surface area contributed by atoms with Crippen LogP contribution in [-0.4, -0.2) is 13.4 Å². The molecule has 6 nitrogen and oxygen atoms in total. The topological polar surface area (TPSA) is 96.0 Å². The highest BCUT2D eigenvalue weighted by Gasteiger charge is 2.24. The van der Waals surface area contributed by atoms with Crippen LogP contribution in [0.15, 0.2) is 80.9 Å². The predicted molar refractivity (Wildman–Crippen MR) is 117 cm³/mol. The van der Waals surface area contributed by atoms with E-state index in [0.29, 0.717) is 21.7 Å². The minimum absolute atomic E-state index is 0.0633. The largest absolute Gasteiger partial charge is 0.423 e. The number of halogens is 1. The Labute approximate surface area is 182 Å². The second-order valence-electron chi connectivity index (χ2n) is 6.26. The highest BCUT2D eigenvalue weighted by Crippen LogP contribution is 2.35. The molecule has 4 aromatic rings. The Balaban J connectivity index is 1.70. The van der Waals surface area contributed by atoms with Crippen molar-refractivity contribution in [2.24, 2.45) is 0 Å². The second kappa shape index (κ2) is 8.40. The van der Waals surface area contributed by atoms with Gasteiger partial charge >= 0.3 is 6.01 Å². The van der Waals surface area contributed by atoms with E-state index < -0.39 is 10.0 Å². The van der Waals surface area contributed by atoms with Crippen molar-refractivity contribution in [2.45, 2.75) is 15.5 Å². The molecular formula is C21H14ClN3O3S2. The molecule has 1 aromatic heterocycles. The average molecular weight is 456 g/mol. The number of nitrogens with one attached hydrogen (secondary N) is 1. The zero-order valence-corrected chi connectivity index (χ0v) is 17.8. The van der Waals surface area contributed by atoms with Gasteiger partial charge in [-0.2, -0.15) is 10.2 Å². The molecule has 0 aliphatic heterocycles. The van der Waals surface area contributed by atoms with Crippen molar-refractivity contribution in [1.29, 1.82) is 5.26 Å². The van der Waals surface area contributed by atoms with Crippen molar-refractivity contribution in [3.8, 4) is 6.07 Å². The summed E-state index contributed by atoms with van der Waals surface area (Å²) in [7, 11) is -4.08. The number of benzene rings is 3. The van der Waals surface area contributed by atoms with Gasteiger partial charge in [-0.25, -0.2) is 13.1 Å². The number of para-hydroxylation sites is 2. The molecule has 0 atom stereocenters. The van der Waals surface area contributed by atoms with Gasteiger partial charge in [0.05, 0.1) is 10.6 Å². The monoisotopic (exact) mass is 455 g/mol. The Kier molecular flexibility index (Phi) is 5.68. The van der Waals surface area contributed by atoms with Crippen LogP contribution in [-0.2, 0) is 15.8 Å². The van der Waals surface area contributed by atoms with Gasteiger partial charge in [-0.15, -0.1) is 11.8 Å². The minimum atomic E-state index is -4.08. The molecule has 30 heavy (non-hydrogen) atoms. The van der Waals surface area contributed by atoms with Crippen LogP contribution in [0.3, 0.4) is 0 Å². The Morgan fingerprint density at radius 3 is 2.57 bits per heavy atom. The lowest BCUT2D eigenvalue weighted by Crippen LogP contribution is -2.14. The fraction of sp³-hybridized carbons (Fsp3) is 0.0476. The van der Waals surface area contributed by atoms with Crippen LogP contribution in [0.2, 0.25) is 5.02 Å². The Morgan fingerprint density at radius 2 is 1.83 bits per heavy atom. The van der Waals surface area contributed by atoms with Crippen LogP contribution in [0.25, 0.3) is 11.1 Å². The van der Waals surface area contributed by atoms with E-state index >= 15 is 0 Å². The van der Waals surface area contributed by atoms with Crippen molar-refractivity contribution in [3.05, 3.63) is 82.9 Å². The van der Waals surface area contributed by atoms with Crippen LogP contribution in [0, 0.1) is 11.3 Å². The Morgan fingerprint density at radius 1 is 1.10 bits per heavy atom. The number of oxazole rings is 1. The molecule has 0 amide bonds. The highest BCUT2D eigenvalue weighted by molar-refractivity contribution is 7.99. The van der Waals surface area contributed by atoms with Crippen LogP contribution in [0.5, 0.6) is 0 Å². The highest BCUT2D eigenvalue weighted by atomic mass is 35.5. The van der Waals surface area contributed by atoms with Gasteiger partial charge in [0.2, 0.25) is 0 Å². The van der Waals surface area contributed by atoms with Gasteiger partial charge in [0.1, 0.15) is 16.5 Å². The first-order valence-corrected chi connectivity index (χ1v) is 11.6. The molecule has 0 spiro atoms. The molecule has 150 valence electrons. The first kappa shape index (κ1) is 20.3. The lowest BCUT2D eigenvalue weighted by atomic mass is 10.2. The van der Waals surface area contributed by atoms with Crippen molar-refractivity contribution < 1.29 is 12.8 Å². The quantitative estimate of drug-likeness (QED) is 0.388. The standard InChI is InChI=1S/C21H14ClN3O3S2/c22-16-11-19(29-13-14-6-2-1-3-7-14)20(10-15(16)12-23)30(26,27)25-21-24-17-8-4-5-9-18(17)28-21/h1-11H,13H2,(H,24,25). The Hall–Kier alpha value is -2.99. The number of hydrogen-bond acceptors (Lipinski definition) is 6. The van der Waals surface area contributed by atoms with E-state index in [2.05, 4.69) is 9.71 Å². The number of rotatable bonds is 6. The first-order chi connectivity index (χ1) is 14.5. The van der Waals surface area contributed by atoms with Gasteiger partial charge < -0.3 is 4.42 Å². The maximum absolute atomic E-state index is 13.1. The van der Waals surface area contributed by atoms with E-state index in [1.165, 1.54) is 23.9 Å². The number of nitrogens with zero attached hydrogens (tertiary/aromatic N) is 2. The zero-order valence-electron chi connectivity index (χ0n) is 15.4. The third kappa shape index (κ3) is 4.28. The van der Waals surface area contributed by atoms with Crippen LogP contribution < -0.4 is 4.72 Å². The maximum atomic E-state index is 13.1. The van der Waals surface area contributed by atoms with E-state index in [1.807, 2.05) is 36.4 Å².